The van der Waals surface area contributed by atoms with Crippen LogP contribution in [0.15, 0.2) is 24.3 Å². The van der Waals surface area contributed by atoms with Gasteiger partial charge in [0.05, 0.1) is 19.3 Å². The van der Waals surface area contributed by atoms with Crippen molar-refractivity contribution in [1.29, 1.82) is 0 Å². The van der Waals surface area contributed by atoms with E-state index in [1.807, 2.05) is 24.3 Å². The molecule has 1 heterocycles. The number of nitrogens with zero attached hydrogens (tertiary/aromatic N) is 1. The van der Waals surface area contributed by atoms with Crippen LogP contribution >= 0.6 is 0 Å². The molecule has 1 aromatic carbocycles. The zero-order chi connectivity index (χ0) is 18.1. The van der Waals surface area contributed by atoms with Gasteiger partial charge in [-0.1, -0.05) is 20.3 Å². The molecule has 1 aliphatic heterocycles. The summed E-state index contributed by atoms with van der Waals surface area (Å²) in [6.45, 7) is 7.92. The van der Waals surface area contributed by atoms with Crippen LogP contribution in [0.2, 0.25) is 0 Å². The number of hydrogen-bond donors (Lipinski definition) is 2. The molecule has 0 unspecified atom stereocenters. The van der Waals surface area contributed by atoms with Gasteiger partial charge in [0.1, 0.15) is 18.1 Å². The fourth-order valence-corrected chi connectivity index (χ4v) is 3.55. The quantitative estimate of drug-likeness (QED) is 0.679. The molecule has 0 radical (unpaired) electrons. The Morgan fingerprint density at radius 1 is 1.08 bits per heavy atom. The third-order valence-corrected chi connectivity index (χ3v) is 5.00. The number of piperidine rings is 1. The van der Waals surface area contributed by atoms with E-state index < -0.39 is 6.10 Å². The zero-order valence-electron chi connectivity index (χ0n) is 15.6. The molecule has 2 rings (SSSR count). The van der Waals surface area contributed by atoms with Crippen molar-refractivity contribution in [2.45, 2.75) is 45.6 Å². The molecule has 0 aromatic heterocycles. The topological polar surface area (TPSA) is 62.2 Å². The summed E-state index contributed by atoms with van der Waals surface area (Å²) >= 11 is 0. The van der Waals surface area contributed by atoms with Crippen LogP contribution in [0, 0.1) is 5.41 Å². The van der Waals surface area contributed by atoms with Crippen molar-refractivity contribution in [2.24, 2.45) is 5.41 Å². The third kappa shape index (κ3) is 5.59. The van der Waals surface area contributed by atoms with Crippen molar-refractivity contribution in [3.05, 3.63) is 24.3 Å². The number of rotatable bonds is 10. The van der Waals surface area contributed by atoms with Gasteiger partial charge in [0.15, 0.2) is 0 Å². The lowest BCUT2D eigenvalue weighted by atomic mass is 9.74. The van der Waals surface area contributed by atoms with Crippen LogP contribution in [-0.4, -0.2) is 60.7 Å². The lowest BCUT2D eigenvalue weighted by molar-refractivity contribution is -0.0814. The Balaban J connectivity index is 1.79. The third-order valence-electron chi connectivity index (χ3n) is 5.00. The van der Waals surface area contributed by atoms with Crippen LogP contribution in [0.25, 0.3) is 0 Å². The van der Waals surface area contributed by atoms with Gasteiger partial charge in [0, 0.05) is 25.0 Å². The maximum Gasteiger partial charge on any atom is 0.119 e. The minimum Gasteiger partial charge on any atom is -0.494 e. The summed E-state index contributed by atoms with van der Waals surface area (Å²) in [7, 11) is 0. The summed E-state index contributed by atoms with van der Waals surface area (Å²) in [5.74, 6) is 1.70. The van der Waals surface area contributed by atoms with Gasteiger partial charge in [-0.15, -0.1) is 0 Å². The number of benzene rings is 1. The lowest BCUT2D eigenvalue weighted by Crippen LogP contribution is -2.54. The molecule has 1 aliphatic rings. The van der Waals surface area contributed by atoms with Crippen LogP contribution in [0.1, 0.15) is 39.5 Å². The molecule has 1 saturated heterocycles. The highest BCUT2D eigenvalue weighted by Crippen LogP contribution is 2.34. The van der Waals surface area contributed by atoms with E-state index in [9.17, 15) is 10.2 Å². The number of hydrogen-bond acceptors (Lipinski definition) is 5. The Morgan fingerprint density at radius 2 is 1.72 bits per heavy atom. The van der Waals surface area contributed by atoms with Gasteiger partial charge in [0.2, 0.25) is 0 Å². The van der Waals surface area contributed by atoms with Crippen molar-refractivity contribution < 1.29 is 19.7 Å². The Hall–Kier alpha value is -1.30. The van der Waals surface area contributed by atoms with E-state index >= 15 is 0 Å². The first-order chi connectivity index (χ1) is 12.1. The summed E-state index contributed by atoms with van der Waals surface area (Å²) in [4.78, 5) is 2.29. The van der Waals surface area contributed by atoms with Gasteiger partial charge < -0.3 is 19.7 Å². The standard InChI is InChI=1S/C20H33NO4/c1-3-10-20(16-22)15-21(11-9-19(20)23)12-14-25-18-7-5-17(6-8-18)24-13-4-2/h5-8,19,22-23H,3-4,9-16H2,1-2H3/t19-,20+/m1/s1. The predicted octanol–water partition coefficient (Wildman–Crippen LogP) is 2.70. The van der Waals surface area contributed by atoms with Crippen molar-refractivity contribution in [2.75, 3.05) is 39.5 Å². The van der Waals surface area contributed by atoms with E-state index in [-0.39, 0.29) is 12.0 Å². The molecular formula is C20H33NO4. The fraction of sp³-hybridized carbons (Fsp3) is 0.700. The number of likely N-dealkylation sites (tertiary alicyclic amines) is 1. The molecule has 0 bridgehead atoms. The normalized spacial score (nSPS) is 24.2. The first kappa shape index (κ1) is 20.0. The van der Waals surface area contributed by atoms with Crippen molar-refractivity contribution in [3.63, 3.8) is 0 Å². The predicted molar refractivity (Wildman–Crippen MR) is 99.2 cm³/mol. The molecule has 2 N–H and O–H groups in total. The Bertz CT molecular complexity index is 493. The van der Waals surface area contributed by atoms with E-state index in [2.05, 4.69) is 18.7 Å². The van der Waals surface area contributed by atoms with Gasteiger partial charge in [-0.3, -0.25) is 4.90 Å². The van der Waals surface area contributed by atoms with Gasteiger partial charge in [-0.05, 0) is 43.5 Å². The number of aliphatic hydroxyl groups is 2. The minimum absolute atomic E-state index is 0.0403. The fourth-order valence-electron chi connectivity index (χ4n) is 3.55. The summed E-state index contributed by atoms with van der Waals surface area (Å²) in [5.41, 5.74) is -0.384. The summed E-state index contributed by atoms with van der Waals surface area (Å²) in [5, 5.41) is 20.2. The Labute approximate surface area is 151 Å². The Morgan fingerprint density at radius 3 is 2.28 bits per heavy atom. The molecule has 1 fully saturated rings. The van der Waals surface area contributed by atoms with Crippen molar-refractivity contribution >= 4 is 0 Å². The van der Waals surface area contributed by atoms with Gasteiger partial charge >= 0.3 is 0 Å². The summed E-state index contributed by atoms with van der Waals surface area (Å²) in [6, 6.07) is 7.72. The van der Waals surface area contributed by atoms with Crippen molar-refractivity contribution in [1.82, 2.24) is 4.90 Å². The highest BCUT2D eigenvalue weighted by molar-refractivity contribution is 5.31. The second-order valence-electron chi connectivity index (χ2n) is 7.02. The Kier molecular flexibility index (Phi) is 8.00. The SMILES string of the molecule is CCCOc1ccc(OCCN2CC[C@@H](O)[C@@](CO)(CCC)C2)cc1. The monoisotopic (exact) mass is 351 g/mol. The number of ether oxygens (including phenoxy) is 2. The maximum absolute atomic E-state index is 10.3. The van der Waals surface area contributed by atoms with E-state index in [4.69, 9.17) is 9.47 Å². The molecule has 1 aromatic rings. The number of aliphatic hydroxyl groups excluding tert-OH is 2. The van der Waals surface area contributed by atoms with Gasteiger partial charge in [-0.2, -0.15) is 0 Å². The van der Waals surface area contributed by atoms with E-state index in [1.54, 1.807) is 0 Å². The van der Waals surface area contributed by atoms with E-state index in [0.29, 0.717) is 13.0 Å². The second kappa shape index (κ2) is 10.00. The molecule has 5 nitrogen and oxygen atoms in total. The van der Waals surface area contributed by atoms with Crippen LogP contribution in [0.5, 0.6) is 11.5 Å². The smallest absolute Gasteiger partial charge is 0.119 e. The summed E-state index contributed by atoms with van der Waals surface area (Å²) < 4.78 is 11.4. The van der Waals surface area contributed by atoms with E-state index in [1.165, 1.54) is 0 Å². The highest BCUT2D eigenvalue weighted by Gasteiger charge is 2.41. The highest BCUT2D eigenvalue weighted by atomic mass is 16.5. The second-order valence-corrected chi connectivity index (χ2v) is 7.02. The molecular weight excluding hydrogens is 318 g/mol. The zero-order valence-corrected chi connectivity index (χ0v) is 15.6. The molecule has 5 heteroatoms. The first-order valence-electron chi connectivity index (χ1n) is 9.50. The maximum atomic E-state index is 10.3. The van der Waals surface area contributed by atoms with Gasteiger partial charge in [-0.25, -0.2) is 0 Å². The summed E-state index contributed by atoms with van der Waals surface area (Å²) in [6.07, 6.45) is 3.11. The molecule has 0 saturated carbocycles. The average molecular weight is 351 g/mol. The van der Waals surface area contributed by atoms with Gasteiger partial charge in [0.25, 0.3) is 0 Å². The molecule has 0 aliphatic carbocycles. The van der Waals surface area contributed by atoms with Crippen LogP contribution in [0.3, 0.4) is 0 Å². The van der Waals surface area contributed by atoms with Crippen LogP contribution in [-0.2, 0) is 0 Å². The molecule has 2 atom stereocenters. The largest absolute Gasteiger partial charge is 0.494 e. The first-order valence-corrected chi connectivity index (χ1v) is 9.50. The molecule has 25 heavy (non-hydrogen) atoms. The molecule has 142 valence electrons. The molecule has 0 amide bonds. The molecule has 0 spiro atoms. The lowest BCUT2D eigenvalue weighted by Gasteiger charge is -2.45. The van der Waals surface area contributed by atoms with Crippen LogP contribution in [0.4, 0.5) is 0 Å². The average Bonchev–Trinajstić information content (AvgIpc) is 2.64. The van der Waals surface area contributed by atoms with E-state index in [0.717, 1.165) is 57.0 Å². The minimum atomic E-state index is -0.412. The van der Waals surface area contributed by atoms with Crippen LogP contribution < -0.4 is 9.47 Å². The van der Waals surface area contributed by atoms with Crippen molar-refractivity contribution in [3.8, 4) is 11.5 Å².